The van der Waals surface area contributed by atoms with E-state index in [1.54, 1.807) is 26.4 Å². The molecule has 0 saturated heterocycles. The molecular weight excluding hydrogens is 376 g/mol. The molecule has 1 fully saturated rings. The van der Waals surface area contributed by atoms with Gasteiger partial charge in [-0.25, -0.2) is 4.79 Å². The molecule has 0 heterocycles. The van der Waals surface area contributed by atoms with E-state index in [9.17, 15) is 14.4 Å². The second-order valence-electron chi connectivity index (χ2n) is 7.24. The number of amides is 3. The standard InChI is InChI=1S/C21H30N2O6/c1-14-6-4-5-7-16(14)22-21(26)23-19(24)13-29-20(25)11-9-15-8-10-17(27-2)18(12-15)28-3/h8,10,12,14,16H,4-7,9,11,13H2,1-3H3,(H2,22,23,24,26)/t14-,16-/m0/s1. The topological polar surface area (TPSA) is 103 Å². The van der Waals surface area contributed by atoms with E-state index in [0.717, 1.165) is 24.8 Å². The number of esters is 1. The summed E-state index contributed by atoms with van der Waals surface area (Å²) in [4.78, 5) is 35.6. The first-order chi connectivity index (χ1) is 13.9. The Kier molecular flexibility index (Phi) is 8.76. The number of hydrogen-bond acceptors (Lipinski definition) is 6. The van der Waals surface area contributed by atoms with Crippen molar-refractivity contribution in [3.05, 3.63) is 23.8 Å². The minimum atomic E-state index is -0.648. The molecule has 1 saturated carbocycles. The van der Waals surface area contributed by atoms with Crippen LogP contribution in [0.4, 0.5) is 4.79 Å². The molecular formula is C21H30N2O6. The molecule has 0 spiro atoms. The van der Waals surface area contributed by atoms with Crippen LogP contribution in [0, 0.1) is 5.92 Å². The molecule has 0 aromatic heterocycles. The van der Waals surface area contributed by atoms with Gasteiger partial charge in [-0.1, -0.05) is 25.8 Å². The molecule has 160 valence electrons. The molecule has 2 rings (SSSR count). The van der Waals surface area contributed by atoms with Gasteiger partial charge in [0.15, 0.2) is 18.1 Å². The maximum Gasteiger partial charge on any atom is 0.321 e. The number of imide groups is 1. The molecule has 0 unspecified atom stereocenters. The third kappa shape index (κ3) is 7.29. The number of ether oxygens (including phenoxy) is 3. The third-order valence-corrected chi connectivity index (χ3v) is 5.11. The van der Waals surface area contributed by atoms with Gasteiger partial charge in [-0.05, 0) is 42.9 Å². The van der Waals surface area contributed by atoms with E-state index in [0.29, 0.717) is 23.8 Å². The SMILES string of the molecule is COc1ccc(CCC(=O)OCC(=O)NC(=O)N[C@H]2CCCC[C@@H]2C)cc1OC. The smallest absolute Gasteiger partial charge is 0.321 e. The second kappa shape index (κ2) is 11.3. The van der Waals surface area contributed by atoms with E-state index in [1.807, 2.05) is 6.07 Å². The Morgan fingerprint density at radius 1 is 1.07 bits per heavy atom. The van der Waals surface area contributed by atoms with Crippen LogP contribution in [0.25, 0.3) is 0 Å². The fourth-order valence-corrected chi connectivity index (χ4v) is 3.40. The van der Waals surface area contributed by atoms with E-state index in [2.05, 4.69) is 17.6 Å². The molecule has 29 heavy (non-hydrogen) atoms. The van der Waals surface area contributed by atoms with Gasteiger partial charge in [0.25, 0.3) is 5.91 Å². The molecule has 0 bridgehead atoms. The highest BCUT2D eigenvalue weighted by atomic mass is 16.5. The summed E-state index contributed by atoms with van der Waals surface area (Å²) in [7, 11) is 3.09. The number of nitrogens with one attached hydrogen (secondary N) is 2. The van der Waals surface area contributed by atoms with Crippen molar-refractivity contribution in [2.24, 2.45) is 5.92 Å². The van der Waals surface area contributed by atoms with Crippen LogP contribution in [-0.4, -0.2) is 44.8 Å². The second-order valence-corrected chi connectivity index (χ2v) is 7.24. The minimum absolute atomic E-state index is 0.0700. The predicted octanol–water partition coefficient (Wildman–Crippen LogP) is 2.58. The Labute approximate surface area is 171 Å². The zero-order chi connectivity index (χ0) is 21.2. The molecule has 1 aliphatic rings. The number of hydrogen-bond donors (Lipinski definition) is 2. The molecule has 2 N–H and O–H groups in total. The Bertz CT molecular complexity index is 721. The summed E-state index contributed by atoms with van der Waals surface area (Å²) in [6, 6.07) is 4.90. The van der Waals surface area contributed by atoms with Crippen LogP contribution in [0.2, 0.25) is 0 Å². The van der Waals surface area contributed by atoms with Crippen molar-refractivity contribution in [1.82, 2.24) is 10.6 Å². The van der Waals surface area contributed by atoms with Gasteiger partial charge in [-0.3, -0.25) is 14.9 Å². The van der Waals surface area contributed by atoms with Crippen LogP contribution in [0.3, 0.4) is 0 Å². The number of rotatable bonds is 8. The zero-order valence-corrected chi connectivity index (χ0v) is 17.3. The first-order valence-electron chi connectivity index (χ1n) is 9.89. The molecule has 0 aliphatic heterocycles. The van der Waals surface area contributed by atoms with Crippen molar-refractivity contribution < 1.29 is 28.6 Å². The average Bonchev–Trinajstić information content (AvgIpc) is 2.72. The van der Waals surface area contributed by atoms with Crippen molar-refractivity contribution in [3.63, 3.8) is 0 Å². The fraction of sp³-hybridized carbons (Fsp3) is 0.571. The predicted molar refractivity (Wildman–Crippen MR) is 107 cm³/mol. The molecule has 8 nitrogen and oxygen atoms in total. The van der Waals surface area contributed by atoms with Gasteiger partial charge < -0.3 is 19.5 Å². The Morgan fingerprint density at radius 2 is 1.79 bits per heavy atom. The Hall–Kier alpha value is -2.77. The number of methoxy groups -OCH3 is 2. The molecule has 1 aliphatic carbocycles. The normalized spacial score (nSPS) is 18.4. The summed E-state index contributed by atoms with van der Waals surface area (Å²) in [5, 5.41) is 5.03. The molecule has 8 heteroatoms. The van der Waals surface area contributed by atoms with Crippen LogP contribution in [0.15, 0.2) is 18.2 Å². The maximum absolute atomic E-state index is 11.9. The monoisotopic (exact) mass is 406 g/mol. The van der Waals surface area contributed by atoms with Gasteiger partial charge in [-0.15, -0.1) is 0 Å². The van der Waals surface area contributed by atoms with Crippen LogP contribution in [0.5, 0.6) is 11.5 Å². The van der Waals surface area contributed by atoms with Gasteiger partial charge in [0, 0.05) is 12.5 Å². The maximum atomic E-state index is 11.9. The van der Waals surface area contributed by atoms with E-state index < -0.39 is 24.5 Å². The summed E-state index contributed by atoms with van der Waals surface area (Å²) < 4.78 is 15.4. The van der Waals surface area contributed by atoms with Gasteiger partial charge in [0.1, 0.15) is 0 Å². The van der Waals surface area contributed by atoms with Crippen molar-refractivity contribution >= 4 is 17.9 Å². The Balaban J connectivity index is 1.69. The molecule has 1 aromatic carbocycles. The lowest BCUT2D eigenvalue weighted by Crippen LogP contribution is -2.48. The number of carbonyl (C=O) groups is 3. The van der Waals surface area contributed by atoms with Crippen molar-refractivity contribution in [3.8, 4) is 11.5 Å². The first-order valence-corrected chi connectivity index (χ1v) is 9.89. The largest absolute Gasteiger partial charge is 0.493 e. The highest BCUT2D eigenvalue weighted by Gasteiger charge is 2.23. The van der Waals surface area contributed by atoms with Gasteiger partial charge in [0.05, 0.1) is 14.2 Å². The average molecular weight is 406 g/mol. The quantitative estimate of drug-likeness (QED) is 0.643. The van der Waals surface area contributed by atoms with Crippen LogP contribution in [-0.2, 0) is 20.7 Å². The van der Waals surface area contributed by atoms with E-state index in [4.69, 9.17) is 14.2 Å². The zero-order valence-electron chi connectivity index (χ0n) is 17.3. The Morgan fingerprint density at radius 3 is 2.48 bits per heavy atom. The number of carbonyl (C=O) groups excluding carboxylic acids is 3. The third-order valence-electron chi connectivity index (χ3n) is 5.11. The van der Waals surface area contributed by atoms with Gasteiger partial charge >= 0.3 is 12.0 Å². The summed E-state index contributed by atoms with van der Waals surface area (Å²) in [6.45, 7) is 1.60. The lowest BCUT2D eigenvalue weighted by Gasteiger charge is -2.29. The lowest BCUT2D eigenvalue weighted by atomic mass is 9.86. The molecule has 0 radical (unpaired) electrons. The highest BCUT2D eigenvalue weighted by molar-refractivity contribution is 5.95. The van der Waals surface area contributed by atoms with Crippen LogP contribution < -0.4 is 20.1 Å². The number of aryl methyl sites for hydroxylation is 1. The lowest BCUT2D eigenvalue weighted by molar-refractivity contribution is -0.148. The van der Waals surface area contributed by atoms with E-state index in [-0.39, 0.29) is 12.5 Å². The van der Waals surface area contributed by atoms with Crippen molar-refractivity contribution in [2.45, 2.75) is 51.5 Å². The molecule has 1 aromatic rings. The van der Waals surface area contributed by atoms with Crippen LogP contribution in [0.1, 0.15) is 44.6 Å². The summed E-state index contributed by atoms with van der Waals surface area (Å²) in [5.41, 5.74) is 0.880. The van der Waals surface area contributed by atoms with Gasteiger partial charge in [-0.2, -0.15) is 0 Å². The van der Waals surface area contributed by atoms with Crippen molar-refractivity contribution in [1.29, 1.82) is 0 Å². The summed E-state index contributed by atoms with van der Waals surface area (Å²) in [5.74, 6) is 0.410. The summed E-state index contributed by atoms with van der Waals surface area (Å²) in [6.07, 6.45) is 4.75. The van der Waals surface area contributed by atoms with Crippen molar-refractivity contribution in [2.75, 3.05) is 20.8 Å². The van der Waals surface area contributed by atoms with E-state index >= 15 is 0 Å². The minimum Gasteiger partial charge on any atom is -0.493 e. The van der Waals surface area contributed by atoms with Gasteiger partial charge in [0.2, 0.25) is 0 Å². The molecule has 3 amide bonds. The first kappa shape index (κ1) is 22.5. The highest BCUT2D eigenvalue weighted by Crippen LogP contribution is 2.28. The molecule has 2 atom stereocenters. The number of urea groups is 1. The fourth-order valence-electron chi connectivity index (χ4n) is 3.40. The summed E-state index contributed by atoms with van der Waals surface area (Å²) >= 11 is 0. The van der Waals surface area contributed by atoms with E-state index in [1.165, 1.54) is 6.42 Å². The van der Waals surface area contributed by atoms with Crippen LogP contribution >= 0.6 is 0 Å². The number of benzene rings is 1.